The Kier molecular flexibility index (Phi) is 5.79. The minimum Gasteiger partial charge on any atom is -0.492 e. The molecule has 2 rings (SSSR count). The smallest absolute Gasteiger partial charge is 0.231 e. The van der Waals surface area contributed by atoms with E-state index in [1.54, 1.807) is 0 Å². The van der Waals surface area contributed by atoms with E-state index in [0.29, 0.717) is 13.2 Å². The van der Waals surface area contributed by atoms with Crippen LogP contribution in [0.25, 0.3) is 0 Å². The molecule has 0 aliphatic rings. The van der Waals surface area contributed by atoms with Gasteiger partial charge in [-0.05, 0) is 17.2 Å². The van der Waals surface area contributed by atoms with Gasteiger partial charge in [-0.3, -0.25) is 4.79 Å². The number of nitrogens with two attached hydrogens (primary N) is 1. The number of para-hydroxylation sites is 1. The number of benzene rings is 2. The van der Waals surface area contributed by atoms with Gasteiger partial charge in [0.25, 0.3) is 0 Å². The van der Waals surface area contributed by atoms with Crippen molar-refractivity contribution in [3.63, 3.8) is 0 Å². The fourth-order valence-electron chi connectivity index (χ4n) is 2.05. The van der Waals surface area contributed by atoms with Gasteiger partial charge < -0.3 is 15.8 Å². The number of hydrogen-bond donors (Lipinski definition) is 2. The van der Waals surface area contributed by atoms with E-state index in [9.17, 15) is 4.79 Å². The Bertz CT molecular complexity index is 570. The fourth-order valence-corrected chi connectivity index (χ4v) is 2.05. The molecule has 4 heteroatoms. The zero-order valence-corrected chi connectivity index (χ0v) is 11.9. The predicted molar refractivity (Wildman–Crippen MR) is 83.2 cm³/mol. The first-order valence-corrected chi connectivity index (χ1v) is 6.99. The van der Waals surface area contributed by atoms with Crippen molar-refractivity contribution >= 4 is 5.91 Å². The van der Waals surface area contributed by atoms with Gasteiger partial charge in [0.1, 0.15) is 12.4 Å². The van der Waals surface area contributed by atoms with Gasteiger partial charge in [0.2, 0.25) is 5.91 Å². The Morgan fingerprint density at radius 1 is 1.05 bits per heavy atom. The molecule has 0 aliphatic carbocycles. The number of nitrogens with one attached hydrogen (secondary N) is 1. The summed E-state index contributed by atoms with van der Waals surface area (Å²) in [5, 5.41) is 2.92. The van der Waals surface area contributed by atoms with Crippen molar-refractivity contribution in [2.75, 3.05) is 19.7 Å². The molecular formula is C17H20N2O2. The third-order valence-electron chi connectivity index (χ3n) is 3.05. The molecule has 1 amide bonds. The second-order valence-electron chi connectivity index (χ2n) is 4.76. The monoisotopic (exact) mass is 284 g/mol. The average Bonchev–Trinajstić information content (AvgIpc) is 2.49. The largest absolute Gasteiger partial charge is 0.492 e. The highest BCUT2D eigenvalue weighted by Crippen LogP contribution is 2.21. The third kappa shape index (κ3) is 5.28. The van der Waals surface area contributed by atoms with Crippen LogP contribution in [0, 0.1) is 0 Å². The van der Waals surface area contributed by atoms with Crippen molar-refractivity contribution in [3.8, 4) is 5.75 Å². The van der Waals surface area contributed by atoms with E-state index in [4.69, 9.17) is 10.5 Å². The molecule has 110 valence electrons. The van der Waals surface area contributed by atoms with E-state index < -0.39 is 0 Å². The van der Waals surface area contributed by atoms with Crippen LogP contribution in [-0.2, 0) is 11.2 Å². The summed E-state index contributed by atoms with van der Waals surface area (Å²) in [6, 6.07) is 18.3. The Morgan fingerprint density at radius 2 is 1.76 bits per heavy atom. The maximum atomic E-state index is 10.6. The normalized spacial score (nSPS) is 10.3. The van der Waals surface area contributed by atoms with E-state index in [1.165, 1.54) is 5.56 Å². The second-order valence-corrected chi connectivity index (χ2v) is 4.76. The average molecular weight is 284 g/mol. The maximum absolute atomic E-state index is 10.6. The molecule has 0 radical (unpaired) electrons. The van der Waals surface area contributed by atoms with E-state index in [0.717, 1.165) is 17.7 Å². The van der Waals surface area contributed by atoms with Crippen molar-refractivity contribution in [3.05, 3.63) is 65.7 Å². The van der Waals surface area contributed by atoms with Gasteiger partial charge in [-0.25, -0.2) is 0 Å². The molecule has 0 atom stereocenters. The Hall–Kier alpha value is -2.33. The molecule has 0 spiro atoms. The van der Waals surface area contributed by atoms with Crippen molar-refractivity contribution < 1.29 is 9.53 Å². The topological polar surface area (TPSA) is 64.4 Å². The molecule has 4 nitrogen and oxygen atoms in total. The van der Waals surface area contributed by atoms with Gasteiger partial charge in [-0.2, -0.15) is 0 Å². The molecule has 3 N–H and O–H groups in total. The van der Waals surface area contributed by atoms with Gasteiger partial charge in [-0.15, -0.1) is 0 Å². The highest BCUT2D eigenvalue weighted by atomic mass is 16.5. The van der Waals surface area contributed by atoms with Crippen LogP contribution in [0.15, 0.2) is 54.6 Å². The summed E-state index contributed by atoms with van der Waals surface area (Å²) in [5.41, 5.74) is 7.46. The molecular weight excluding hydrogens is 264 g/mol. The molecule has 0 saturated carbocycles. The third-order valence-corrected chi connectivity index (χ3v) is 3.05. The lowest BCUT2D eigenvalue weighted by atomic mass is 10.0. The quantitative estimate of drug-likeness (QED) is 0.726. The first-order chi connectivity index (χ1) is 10.3. The highest BCUT2D eigenvalue weighted by molar-refractivity contribution is 5.75. The van der Waals surface area contributed by atoms with Crippen molar-refractivity contribution in [1.82, 2.24) is 5.32 Å². The molecule has 0 bridgehead atoms. The standard InChI is InChI=1S/C17H20N2O2/c18-17(20)13-19-10-11-21-16-9-5-4-8-15(16)12-14-6-2-1-3-7-14/h1-9,19H,10-13H2,(H2,18,20). The summed E-state index contributed by atoms with van der Waals surface area (Å²) >= 11 is 0. The summed E-state index contributed by atoms with van der Waals surface area (Å²) < 4.78 is 5.78. The zero-order valence-electron chi connectivity index (χ0n) is 11.9. The molecule has 0 aliphatic heterocycles. The first kappa shape index (κ1) is 15.1. The molecule has 0 unspecified atom stereocenters. The van der Waals surface area contributed by atoms with Crippen molar-refractivity contribution in [1.29, 1.82) is 0 Å². The van der Waals surface area contributed by atoms with Crippen LogP contribution < -0.4 is 15.8 Å². The summed E-state index contributed by atoms with van der Waals surface area (Å²) in [6.45, 7) is 1.26. The number of rotatable bonds is 8. The number of ether oxygens (including phenoxy) is 1. The van der Waals surface area contributed by atoms with E-state index in [1.807, 2.05) is 36.4 Å². The predicted octanol–water partition coefficient (Wildman–Crippen LogP) is 1.73. The molecule has 0 aromatic heterocycles. The van der Waals surface area contributed by atoms with E-state index in [-0.39, 0.29) is 12.5 Å². The lowest BCUT2D eigenvalue weighted by Crippen LogP contribution is -2.31. The summed E-state index contributed by atoms with van der Waals surface area (Å²) in [5.74, 6) is 0.515. The summed E-state index contributed by atoms with van der Waals surface area (Å²) in [4.78, 5) is 10.6. The molecule has 2 aromatic carbocycles. The molecule has 0 saturated heterocycles. The number of hydrogen-bond acceptors (Lipinski definition) is 3. The van der Waals surface area contributed by atoms with Crippen LogP contribution in [0.1, 0.15) is 11.1 Å². The Balaban J connectivity index is 1.89. The second kappa shape index (κ2) is 8.07. The van der Waals surface area contributed by atoms with Crippen LogP contribution in [-0.4, -0.2) is 25.6 Å². The van der Waals surface area contributed by atoms with Gasteiger partial charge in [0.15, 0.2) is 0 Å². The first-order valence-electron chi connectivity index (χ1n) is 6.99. The molecule has 2 aromatic rings. The van der Waals surface area contributed by atoms with Crippen LogP contribution in [0.3, 0.4) is 0 Å². The number of amides is 1. The number of carbonyl (C=O) groups excluding carboxylic acids is 1. The van der Waals surface area contributed by atoms with Gasteiger partial charge in [0, 0.05) is 13.0 Å². The van der Waals surface area contributed by atoms with Crippen molar-refractivity contribution in [2.45, 2.75) is 6.42 Å². The Labute approximate surface area is 124 Å². The van der Waals surface area contributed by atoms with E-state index >= 15 is 0 Å². The number of carbonyl (C=O) groups is 1. The summed E-state index contributed by atoms with van der Waals surface area (Å²) in [6.07, 6.45) is 0.839. The fraction of sp³-hybridized carbons (Fsp3) is 0.235. The molecule has 21 heavy (non-hydrogen) atoms. The van der Waals surface area contributed by atoms with Gasteiger partial charge >= 0.3 is 0 Å². The Morgan fingerprint density at radius 3 is 2.52 bits per heavy atom. The minimum atomic E-state index is -0.362. The zero-order chi connectivity index (χ0) is 14.9. The van der Waals surface area contributed by atoms with Crippen LogP contribution in [0.4, 0.5) is 0 Å². The molecule has 0 heterocycles. The maximum Gasteiger partial charge on any atom is 0.231 e. The SMILES string of the molecule is NC(=O)CNCCOc1ccccc1Cc1ccccc1. The lowest BCUT2D eigenvalue weighted by molar-refractivity contribution is -0.117. The summed E-state index contributed by atoms with van der Waals surface area (Å²) in [7, 11) is 0. The van der Waals surface area contributed by atoms with E-state index in [2.05, 4.69) is 23.5 Å². The van der Waals surface area contributed by atoms with Gasteiger partial charge in [-0.1, -0.05) is 48.5 Å². The van der Waals surface area contributed by atoms with Crippen molar-refractivity contribution in [2.24, 2.45) is 5.73 Å². The van der Waals surface area contributed by atoms with Crippen LogP contribution in [0.2, 0.25) is 0 Å². The lowest BCUT2D eigenvalue weighted by Gasteiger charge is -2.11. The number of primary amides is 1. The molecule has 0 fully saturated rings. The minimum absolute atomic E-state index is 0.176. The van der Waals surface area contributed by atoms with Crippen LogP contribution in [0.5, 0.6) is 5.75 Å². The van der Waals surface area contributed by atoms with Gasteiger partial charge in [0.05, 0.1) is 6.54 Å². The van der Waals surface area contributed by atoms with Crippen LogP contribution >= 0.6 is 0 Å². The highest BCUT2D eigenvalue weighted by Gasteiger charge is 2.04.